The van der Waals surface area contributed by atoms with Gasteiger partial charge in [-0.2, -0.15) is 0 Å². The van der Waals surface area contributed by atoms with Gasteiger partial charge in [0, 0.05) is 29.9 Å². The molecule has 0 spiro atoms. The number of amides is 1. The number of carbonyl (C=O) groups is 1. The summed E-state index contributed by atoms with van der Waals surface area (Å²) in [5.41, 5.74) is 4.17. The zero-order valence-electron chi connectivity index (χ0n) is 21.8. The quantitative estimate of drug-likeness (QED) is 0.350. The van der Waals surface area contributed by atoms with Gasteiger partial charge in [-0.1, -0.05) is 6.07 Å². The number of ether oxygens (including phenoxy) is 1. The molecule has 1 aliphatic carbocycles. The number of anilines is 1. The van der Waals surface area contributed by atoms with E-state index in [1.165, 1.54) is 12.4 Å². The molecule has 6 rings (SSSR count). The normalized spacial score (nSPS) is 14.9. The predicted octanol–water partition coefficient (Wildman–Crippen LogP) is 4.80. The van der Waals surface area contributed by atoms with Crippen molar-refractivity contribution in [2.45, 2.75) is 58.5 Å². The lowest BCUT2D eigenvalue weighted by molar-refractivity contribution is -0.117. The van der Waals surface area contributed by atoms with Crippen molar-refractivity contribution in [3.8, 4) is 28.7 Å². The fourth-order valence-corrected chi connectivity index (χ4v) is 4.96. The molecule has 3 aromatic heterocycles. The van der Waals surface area contributed by atoms with Gasteiger partial charge in [0.2, 0.25) is 11.8 Å². The number of aryl methyl sites for hydroxylation is 1. The van der Waals surface area contributed by atoms with E-state index in [4.69, 9.17) is 9.72 Å². The number of benzene rings is 1. The van der Waals surface area contributed by atoms with Crippen LogP contribution in [0.4, 0.5) is 10.2 Å². The van der Waals surface area contributed by atoms with Gasteiger partial charge < -0.3 is 9.30 Å². The third kappa shape index (κ3) is 4.19. The second kappa shape index (κ2) is 9.27. The SMILES string of the molecule is COc1ncnc(C2CC2)c1-c1ncc2c(n1)N(Cc1ccc(-c3nc(C)cn3C(C)C)c(F)c1)C(=O)C2. The third-order valence-electron chi connectivity index (χ3n) is 6.99. The number of methoxy groups -OCH3 is 1. The minimum absolute atomic E-state index is 0.111. The molecule has 0 N–H and O–H groups in total. The molecule has 1 amide bonds. The van der Waals surface area contributed by atoms with E-state index in [-0.39, 0.29) is 30.7 Å². The van der Waals surface area contributed by atoms with E-state index in [0.29, 0.717) is 46.0 Å². The third-order valence-corrected chi connectivity index (χ3v) is 6.99. The van der Waals surface area contributed by atoms with Crippen molar-refractivity contribution in [1.29, 1.82) is 0 Å². The maximum absolute atomic E-state index is 15.3. The Morgan fingerprint density at radius 2 is 1.97 bits per heavy atom. The lowest BCUT2D eigenvalue weighted by Gasteiger charge is -2.18. The first-order valence-electron chi connectivity index (χ1n) is 12.7. The number of rotatable bonds is 7. The molecule has 0 atom stereocenters. The molecule has 1 aliphatic heterocycles. The Morgan fingerprint density at radius 3 is 2.68 bits per heavy atom. The molecular formula is C28H28FN7O2. The smallest absolute Gasteiger partial charge is 0.233 e. The molecule has 1 fully saturated rings. The summed E-state index contributed by atoms with van der Waals surface area (Å²) in [7, 11) is 1.55. The van der Waals surface area contributed by atoms with Crippen molar-refractivity contribution in [3.05, 3.63) is 65.3 Å². The maximum atomic E-state index is 15.3. The van der Waals surface area contributed by atoms with Crippen LogP contribution >= 0.6 is 0 Å². The first-order chi connectivity index (χ1) is 18.3. The molecule has 4 aromatic rings. The van der Waals surface area contributed by atoms with E-state index >= 15 is 4.39 Å². The van der Waals surface area contributed by atoms with Crippen molar-refractivity contribution in [2.75, 3.05) is 12.0 Å². The molecule has 194 valence electrons. The summed E-state index contributed by atoms with van der Waals surface area (Å²) in [4.78, 5) is 37.2. The number of hydrogen-bond acceptors (Lipinski definition) is 7. The average Bonchev–Trinajstić information content (AvgIpc) is 3.61. The first kappa shape index (κ1) is 24.1. The first-order valence-corrected chi connectivity index (χ1v) is 12.7. The Morgan fingerprint density at radius 1 is 1.16 bits per heavy atom. The lowest BCUT2D eigenvalue weighted by Crippen LogP contribution is -2.26. The minimum Gasteiger partial charge on any atom is -0.480 e. The number of nitrogens with zero attached hydrogens (tertiary/aromatic N) is 7. The van der Waals surface area contributed by atoms with Crippen LogP contribution in [-0.4, -0.2) is 42.5 Å². The summed E-state index contributed by atoms with van der Waals surface area (Å²) in [5.74, 6) is 1.76. The van der Waals surface area contributed by atoms with E-state index in [1.54, 1.807) is 24.3 Å². The monoisotopic (exact) mass is 513 g/mol. The van der Waals surface area contributed by atoms with Crippen molar-refractivity contribution in [2.24, 2.45) is 0 Å². The van der Waals surface area contributed by atoms with Crippen LogP contribution in [0.15, 0.2) is 36.9 Å². The topological polar surface area (TPSA) is 98.9 Å². The fraction of sp³-hybridized carbons (Fsp3) is 0.357. The van der Waals surface area contributed by atoms with E-state index in [2.05, 4.69) is 19.9 Å². The van der Waals surface area contributed by atoms with Crippen molar-refractivity contribution in [1.82, 2.24) is 29.5 Å². The molecule has 4 heterocycles. The van der Waals surface area contributed by atoms with Crippen LogP contribution in [0.3, 0.4) is 0 Å². The summed E-state index contributed by atoms with van der Waals surface area (Å²) in [5, 5.41) is 0. The van der Waals surface area contributed by atoms with Gasteiger partial charge in [-0.15, -0.1) is 0 Å². The molecule has 1 saturated carbocycles. The summed E-state index contributed by atoms with van der Waals surface area (Å²) >= 11 is 0. The molecule has 0 radical (unpaired) electrons. The van der Waals surface area contributed by atoms with Crippen molar-refractivity contribution >= 4 is 11.7 Å². The summed E-state index contributed by atoms with van der Waals surface area (Å²) in [6.45, 7) is 6.16. The second-order valence-corrected chi connectivity index (χ2v) is 10.1. The maximum Gasteiger partial charge on any atom is 0.233 e. The number of imidazole rings is 1. The largest absolute Gasteiger partial charge is 0.480 e. The number of fused-ring (bicyclic) bond motifs is 1. The van der Waals surface area contributed by atoms with Gasteiger partial charge in [-0.05, 0) is 51.3 Å². The summed E-state index contributed by atoms with van der Waals surface area (Å²) in [6, 6.07) is 5.18. The van der Waals surface area contributed by atoms with Crippen molar-refractivity contribution in [3.63, 3.8) is 0 Å². The molecular weight excluding hydrogens is 485 g/mol. The van der Waals surface area contributed by atoms with E-state index < -0.39 is 0 Å². The standard InChI is InChI=1S/C28H28FN7O2/c1-15(2)35-12-16(3)33-27(35)20-8-5-17(9-21(20)29)13-36-22(37)10-19-11-30-25(34-26(19)36)23-24(18-6-7-18)31-14-32-28(23)38-4/h5,8-9,11-12,14-15,18H,6-7,10,13H2,1-4H3. The van der Waals surface area contributed by atoms with Gasteiger partial charge in [-0.25, -0.2) is 29.3 Å². The van der Waals surface area contributed by atoms with E-state index in [0.717, 1.165) is 29.8 Å². The zero-order chi connectivity index (χ0) is 26.6. The number of hydrogen-bond donors (Lipinski definition) is 0. The molecule has 9 nitrogen and oxygen atoms in total. The van der Waals surface area contributed by atoms with Gasteiger partial charge in [0.05, 0.1) is 37.0 Å². The molecule has 1 aromatic carbocycles. The van der Waals surface area contributed by atoms with Crippen LogP contribution in [-0.2, 0) is 17.8 Å². The van der Waals surface area contributed by atoms with Crippen LogP contribution in [0.5, 0.6) is 5.88 Å². The van der Waals surface area contributed by atoms with Crippen LogP contribution in [0.25, 0.3) is 22.8 Å². The fourth-order valence-electron chi connectivity index (χ4n) is 4.96. The van der Waals surface area contributed by atoms with Gasteiger partial charge >= 0.3 is 0 Å². The average molecular weight is 514 g/mol. The Kier molecular flexibility index (Phi) is 5.89. The highest BCUT2D eigenvalue weighted by atomic mass is 19.1. The predicted molar refractivity (Wildman–Crippen MR) is 139 cm³/mol. The lowest BCUT2D eigenvalue weighted by atomic mass is 10.1. The van der Waals surface area contributed by atoms with Crippen LogP contribution in [0.2, 0.25) is 0 Å². The Hall–Kier alpha value is -4.21. The Bertz CT molecular complexity index is 1560. The van der Waals surface area contributed by atoms with E-state index in [9.17, 15) is 4.79 Å². The highest BCUT2D eigenvalue weighted by molar-refractivity contribution is 6.00. The highest BCUT2D eigenvalue weighted by Crippen LogP contribution is 2.45. The van der Waals surface area contributed by atoms with Crippen LogP contribution in [0.1, 0.15) is 61.2 Å². The minimum atomic E-state index is -0.384. The van der Waals surface area contributed by atoms with Gasteiger partial charge in [0.15, 0.2) is 5.82 Å². The highest BCUT2D eigenvalue weighted by Gasteiger charge is 2.34. The molecule has 38 heavy (non-hydrogen) atoms. The van der Waals surface area contributed by atoms with Gasteiger partial charge in [-0.3, -0.25) is 9.69 Å². The van der Waals surface area contributed by atoms with E-state index in [1.807, 2.05) is 37.6 Å². The molecule has 0 saturated heterocycles. The Labute approximate surface area is 219 Å². The number of aromatic nitrogens is 6. The molecule has 10 heteroatoms. The number of halogens is 1. The molecule has 2 aliphatic rings. The van der Waals surface area contributed by atoms with Crippen molar-refractivity contribution < 1.29 is 13.9 Å². The van der Waals surface area contributed by atoms with Gasteiger partial charge in [0.25, 0.3) is 0 Å². The Balaban J connectivity index is 1.33. The molecule has 0 bridgehead atoms. The summed E-state index contributed by atoms with van der Waals surface area (Å²) in [6.07, 6.45) is 7.37. The second-order valence-electron chi connectivity index (χ2n) is 10.1. The van der Waals surface area contributed by atoms with Gasteiger partial charge in [0.1, 0.15) is 29.4 Å². The van der Waals surface area contributed by atoms with Crippen LogP contribution < -0.4 is 9.64 Å². The molecule has 0 unspecified atom stereocenters. The summed E-state index contributed by atoms with van der Waals surface area (Å²) < 4.78 is 22.8. The zero-order valence-corrected chi connectivity index (χ0v) is 21.8. The van der Waals surface area contributed by atoms with Crippen LogP contribution in [0, 0.1) is 12.7 Å². The number of carbonyl (C=O) groups excluding carboxylic acids is 1.